The Bertz CT molecular complexity index is 1370. The van der Waals surface area contributed by atoms with E-state index in [4.69, 9.17) is 14.2 Å². The van der Waals surface area contributed by atoms with Crippen molar-refractivity contribution in [2.45, 2.75) is 419 Å². The van der Waals surface area contributed by atoms with Gasteiger partial charge < -0.3 is 14.2 Å². The highest BCUT2D eigenvalue weighted by atomic mass is 16.6. The van der Waals surface area contributed by atoms with Crippen LogP contribution >= 0.6 is 0 Å². The van der Waals surface area contributed by atoms with Crippen LogP contribution in [0.2, 0.25) is 0 Å². The summed E-state index contributed by atoms with van der Waals surface area (Å²) in [5, 5.41) is 0. The fourth-order valence-corrected chi connectivity index (χ4v) is 11.3. The zero-order valence-corrected chi connectivity index (χ0v) is 55.5. The monoisotopic (exact) mass is 1150 g/mol. The molecule has 0 aliphatic heterocycles. The van der Waals surface area contributed by atoms with E-state index in [-0.39, 0.29) is 31.1 Å². The van der Waals surface area contributed by atoms with Crippen LogP contribution in [-0.4, -0.2) is 37.2 Å². The summed E-state index contributed by atoms with van der Waals surface area (Å²) in [6, 6.07) is 0. The zero-order valence-electron chi connectivity index (χ0n) is 55.5. The fourth-order valence-electron chi connectivity index (χ4n) is 11.3. The van der Waals surface area contributed by atoms with Crippen molar-refractivity contribution in [1.82, 2.24) is 0 Å². The van der Waals surface area contributed by atoms with E-state index in [2.05, 4.69) is 57.2 Å². The maximum absolute atomic E-state index is 12.9. The average Bonchev–Trinajstić information content (AvgIpc) is 3.47. The molecule has 0 fully saturated rings. The Labute approximate surface area is 512 Å². The predicted molar refractivity (Wildman–Crippen MR) is 358 cm³/mol. The quantitative estimate of drug-likeness (QED) is 0.0261. The molecule has 0 heterocycles. The van der Waals surface area contributed by atoms with Gasteiger partial charge in [-0.2, -0.15) is 0 Å². The Balaban J connectivity index is 4.10. The molecule has 82 heavy (non-hydrogen) atoms. The molecule has 0 saturated carbocycles. The van der Waals surface area contributed by atoms with Crippen molar-refractivity contribution < 1.29 is 28.6 Å². The Morgan fingerprint density at radius 3 is 0.707 bits per heavy atom. The third-order valence-corrected chi connectivity index (χ3v) is 16.9. The van der Waals surface area contributed by atoms with Crippen molar-refractivity contribution in [1.29, 1.82) is 0 Å². The van der Waals surface area contributed by atoms with Gasteiger partial charge in [0.1, 0.15) is 13.2 Å². The molecular weight excluding hydrogens is 1010 g/mol. The molecule has 1 atom stereocenters. The van der Waals surface area contributed by atoms with Crippen LogP contribution < -0.4 is 0 Å². The number of esters is 3. The molecule has 0 aliphatic rings. The van der Waals surface area contributed by atoms with E-state index in [9.17, 15) is 14.4 Å². The SMILES string of the molecule is CCCCC/C=C\C/C=C\CCCCCCCCCCCC(=O)OC(COC(=O)CCCCCCCCCCCCCC)COC(=O)CCCCCCCCCCCCCCCCCCCCCCC/C=C\CCCCCCCCCC. The molecule has 0 aromatic rings. The summed E-state index contributed by atoms with van der Waals surface area (Å²) in [5.74, 6) is -0.843. The number of rotatable bonds is 69. The lowest BCUT2D eigenvalue weighted by Crippen LogP contribution is -2.30. The van der Waals surface area contributed by atoms with Gasteiger partial charge in [0.05, 0.1) is 0 Å². The van der Waals surface area contributed by atoms with Crippen LogP contribution in [0.5, 0.6) is 0 Å². The van der Waals surface area contributed by atoms with Crippen LogP contribution in [0.1, 0.15) is 412 Å². The molecule has 1 unspecified atom stereocenters. The van der Waals surface area contributed by atoms with Crippen LogP contribution in [-0.2, 0) is 28.6 Å². The van der Waals surface area contributed by atoms with Crippen molar-refractivity contribution in [2.75, 3.05) is 13.2 Å². The minimum absolute atomic E-state index is 0.0679. The predicted octanol–water partition coefficient (Wildman–Crippen LogP) is 25.5. The second-order valence-corrected chi connectivity index (χ2v) is 25.2. The second-order valence-electron chi connectivity index (χ2n) is 25.2. The van der Waals surface area contributed by atoms with Gasteiger partial charge >= 0.3 is 17.9 Å². The molecule has 0 radical (unpaired) electrons. The number of unbranched alkanes of at least 4 members (excludes halogenated alkanes) is 52. The first-order valence-electron chi connectivity index (χ1n) is 37.0. The maximum atomic E-state index is 12.9. The van der Waals surface area contributed by atoms with Gasteiger partial charge in [0, 0.05) is 19.3 Å². The van der Waals surface area contributed by atoms with Crippen LogP contribution in [0.15, 0.2) is 36.5 Å². The smallest absolute Gasteiger partial charge is 0.306 e. The van der Waals surface area contributed by atoms with Gasteiger partial charge in [-0.15, -0.1) is 0 Å². The van der Waals surface area contributed by atoms with E-state index < -0.39 is 6.10 Å². The van der Waals surface area contributed by atoms with Crippen molar-refractivity contribution in [3.63, 3.8) is 0 Å². The van der Waals surface area contributed by atoms with Crippen molar-refractivity contribution in [3.05, 3.63) is 36.5 Å². The molecule has 0 spiro atoms. The van der Waals surface area contributed by atoms with Crippen molar-refractivity contribution in [3.8, 4) is 0 Å². The summed E-state index contributed by atoms with van der Waals surface area (Å²) in [7, 11) is 0. The standard InChI is InChI=1S/C76H142O6/c1-4-7-10-13-16-19-22-25-27-29-31-32-33-34-35-36-37-38-39-40-41-42-43-44-46-47-49-51-54-57-60-63-66-69-75(78)81-72-73(71-80-74(77)68-65-62-59-56-53-24-21-18-15-12-9-6-3)82-76(79)70-67-64-61-58-55-52-50-48-45-30-28-26-23-20-17-14-11-8-5-2/h17,20,26,28-29,31,73H,4-16,18-19,21-25,27,30,32-72H2,1-3H3/b20-17-,28-26-,31-29-. The van der Waals surface area contributed by atoms with Crippen LogP contribution in [0.25, 0.3) is 0 Å². The fraction of sp³-hybridized carbons (Fsp3) is 0.882. The van der Waals surface area contributed by atoms with Gasteiger partial charge in [-0.3, -0.25) is 14.4 Å². The molecule has 0 rings (SSSR count). The van der Waals surface area contributed by atoms with Gasteiger partial charge in [-0.1, -0.05) is 353 Å². The third-order valence-electron chi connectivity index (χ3n) is 16.9. The minimum atomic E-state index is -0.771. The normalized spacial score (nSPS) is 12.2. The van der Waals surface area contributed by atoms with Gasteiger partial charge in [-0.25, -0.2) is 0 Å². The summed E-state index contributed by atoms with van der Waals surface area (Å²) in [6.07, 6.45) is 89.1. The highest BCUT2D eigenvalue weighted by Crippen LogP contribution is 2.19. The second kappa shape index (κ2) is 71.1. The van der Waals surface area contributed by atoms with E-state index in [1.165, 1.54) is 308 Å². The molecule has 0 bridgehead atoms. The molecule has 0 amide bonds. The van der Waals surface area contributed by atoms with E-state index in [1.54, 1.807) is 0 Å². The van der Waals surface area contributed by atoms with Crippen molar-refractivity contribution >= 4 is 17.9 Å². The summed E-state index contributed by atoms with van der Waals surface area (Å²) >= 11 is 0. The summed E-state index contributed by atoms with van der Waals surface area (Å²) < 4.78 is 17.0. The molecule has 0 aromatic carbocycles. The number of ether oxygens (including phenoxy) is 3. The van der Waals surface area contributed by atoms with Gasteiger partial charge in [0.2, 0.25) is 0 Å². The molecule has 6 heteroatoms. The van der Waals surface area contributed by atoms with E-state index in [1.807, 2.05) is 0 Å². The van der Waals surface area contributed by atoms with E-state index in [0.29, 0.717) is 19.3 Å². The summed E-state index contributed by atoms with van der Waals surface area (Å²) in [5.41, 5.74) is 0. The largest absolute Gasteiger partial charge is 0.462 e. The lowest BCUT2D eigenvalue weighted by molar-refractivity contribution is -0.167. The highest BCUT2D eigenvalue weighted by molar-refractivity contribution is 5.71. The molecule has 0 saturated heterocycles. The van der Waals surface area contributed by atoms with Crippen LogP contribution in [0, 0.1) is 0 Å². The third kappa shape index (κ3) is 68.4. The van der Waals surface area contributed by atoms with Crippen LogP contribution in [0.3, 0.4) is 0 Å². The minimum Gasteiger partial charge on any atom is -0.462 e. The van der Waals surface area contributed by atoms with E-state index >= 15 is 0 Å². The van der Waals surface area contributed by atoms with Gasteiger partial charge in [0.25, 0.3) is 0 Å². The molecular formula is C76H142O6. The van der Waals surface area contributed by atoms with Gasteiger partial charge in [-0.05, 0) is 77.0 Å². The summed E-state index contributed by atoms with van der Waals surface area (Å²) in [4.78, 5) is 38.4. The number of carbonyl (C=O) groups is 3. The first kappa shape index (κ1) is 79.6. The molecule has 0 aromatic heterocycles. The number of allylic oxidation sites excluding steroid dienone is 6. The van der Waals surface area contributed by atoms with Crippen molar-refractivity contribution in [2.24, 2.45) is 0 Å². The number of carbonyl (C=O) groups excluding carboxylic acids is 3. The molecule has 482 valence electrons. The zero-order chi connectivity index (χ0) is 59.2. The topological polar surface area (TPSA) is 78.9 Å². The average molecular weight is 1150 g/mol. The first-order chi connectivity index (χ1) is 40.5. The summed E-state index contributed by atoms with van der Waals surface area (Å²) in [6.45, 7) is 6.68. The Hall–Kier alpha value is -2.37. The lowest BCUT2D eigenvalue weighted by atomic mass is 10.0. The lowest BCUT2D eigenvalue weighted by Gasteiger charge is -2.18. The van der Waals surface area contributed by atoms with Gasteiger partial charge in [0.15, 0.2) is 6.10 Å². The highest BCUT2D eigenvalue weighted by Gasteiger charge is 2.20. The first-order valence-corrected chi connectivity index (χ1v) is 37.0. The van der Waals surface area contributed by atoms with Crippen LogP contribution in [0.4, 0.5) is 0 Å². The Morgan fingerprint density at radius 1 is 0.244 bits per heavy atom. The number of hydrogen-bond donors (Lipinski definition) is 0. The maximum Gasteiger partial charge on any atom is 0.306 e. The molecule has 0 aliphatic carbocycles. The molecule has 6 nitrogen and oxygen atoms in total. The molecule has 0 N–H and O–H groups in total. The van der Waals surface area contributed by atoms with E-state index in [0.717, 1.165) is 64.2 Å². The Kier molecular flexibility index (Phi) is 69.1. The Morgan fingerprint density at radius 2 is 0.439 bits per heavy atom. The number of hydrogen-bond acceptors (Lipinski definition) is 6.